The summed E-state index contributed by atoms with van der Waals surface area (Å²) in [5, 5.41) is 0. The summed E-state index contributed by atoms with van der Waals surface area (Å²) in [6, 6.07) is 9.68. The van der Waals surface area contributed by atoms with E-state index in [1.54, 1.807) is 18.6 Å². The fourth-order valence-corrected chi connectivity index (χ4v) is 2.00. The summed E-state index contributed by atoms with van der Waals surface area (Å²) in [7, 11) is 0. The minimum Gasteiger partial charge on any atom is -0.460 e. The Labute approximate surface area is 147 Å². The van der Waals surface area contributed by atoms with Crippen LogP contribution in [0.4, 0.5) is 0 Å². The summed E-state index contributed by atoms with van der Waals surface area (Å²) >= 11 is 0. The van der Waals surface area contributed by atoms with Gasteiger partial charge in [0.25, 0.3) is 0 Å². The van der Waals surface area contributed by atoms with Gasteiger partial charge in [-0.25, -0.2) is 0 Å². The van der Waals surface area contributed by atoms with Gasteiger partial charge in [-0.2, -0.15) is 0 Å². The van der Waals surface area contributed by atoms with Crippen LogP contribution >= 0.6 is 37.2 Å². The summed E-state index contributed by atoms with van der Waals surface area (Å²) in [6.45, 7) is 0.391. The van der Waals surface area contributed by atoms with E-state index >= 15 is 0 Å². The van der Waals surface area contributed by atoms with Crippen molar-refractivity contribution in [1.82, 2.24) is 9.97 Å². The lowest BCUT2D eigenvalue weighted by atomic mass is 10.0. The van der Waals surface area contributed by atoms with Crippen LogP contribution in [0.3, 0.4) is 0 Å². The Bertz CT molecular complexity index is 689. The number of aromatic nitrogens is 2. The Morgan fingerprint density at radius 2 is 1.64 bits per heavy atom. The van der Waals surface area contributed by atoms with Crippen LogP contribution in [0.1, 0.15) is 5.76 Å². The van der Waals surface area contributed by atoms with E-state index < -0.39 is 0 Å². The van der Waals surface area contributed by atoms with E-state index in [0.717, 1.165) is 28.2 Å². The number of nitrogens with zero attached hydrogens (tertiary/aromatic N) is 2. The minimum atomic E-state index is 0. The van der Waals surface area contributed by atoms with E-state index in [-0.39, 0.29) is 37.2 Å². The van der Waals surface area contributed by atoms with E-state index in [2.05, 4.69) is 9.97 Å². The molecule has 0 aliphatic carbocycles. The summed E-state index contributed by atoms with van der Waals surface area (Å²) in [6.07, 6.45) is 7.13. The van der Waals surface area contributed by atoms with Crippen LogP contribution < -0.4 is 5.73 Å². The van der Waals surface area contributed by atoms with Crippen molar-refractivity contribution >= 4 is 37.2 Å². The molecule has 0 aromatic carbocycles. The molecule has 0 aliphatic heterocycles. The standard InChI is InChI=1S/C15H13N3O.3ClH/c16-8-12-3-4-15(19-12)14-10-18-7-5-13(14)11-2-1-6-17-9-11;;;/h1-7,9-10H,8,16H2;3*1H. The van der Waals surface area contributed by atoms with Gasteiger partial charge in [0.15, 0.2) is 0 Å². The lowest BCUT2D eigenvalue weighted by Gasteiger charge is -2.06. The van der Waals surface area contributed by atoms with E-state index in [1.165, 1.54) is 0 Å². The second kappa shape index (κ2) is 9.43. The molecule has 0 aliphatic rings. The van der Waals surface area contributed by atoms with Gasteiger partial charge in [-0.05, 0) is 29.8 Å². The van der Waals surface area contributed by atoms with Crippen molar-refractivity contribution in [2.24, 2.45) is 5.73 Å². The minimum absolute atomic E-state index is 0. The second-order valence-corrected chi connectivity index (χ2v) is 4.13. The third kappa shape index (κ3) is 4.21. The summed E-state index contributed by atoms with van der Waals surface area (Å²) < 4.78 is 5.70. The molecule has 3 aromatic heterocycles. The molecule has 0 fully saturated rings. The molecule has 2 N–H and O–H groups in total. The van der Waals surface area contributed by atoms with Gasteiger partial charge in [-0.3, -0.25) is 9.97 Å². The molecule has 0 amide bonds. The fraction of sp³-hybridized carbons (Fsp3) is 0.0667. The van der Waals surface area contributed by atoms with Crippen LogP contribution in [0.5, 0.6) is 0 Å². The molecule has 7 heteroatoms. The number of rotatable bonds is 3. The van der Waals surface area contributed by atoms with Crippen molar-refractivity contribution in [2.75, 3.05) is 0 Å². The number of hydrogen-bond acceptors (Lipinski definition) is 4. The molecule has 0 atom stereocenters. The maximum absolute atomic E-state index is 5.70. The quantitative estimate of drug-likeness (QED) is 0.763. The normalized spacial score (nSPS) is 9.14. The van der Waals surface area contributed by atoms with Gasteiger partial charge in [0, 0.05) is 35.9 Å². The van der Waals surface area contributed by atoms with Crippen molar-refractivity contribution in [3.8, 4) is 22.5 Å². The van der Waals surface area contributed by atoms with E-state index in [1.807, 2.05) is 36.5 Å². The third-order valence-corrected chi connectivity index (χ3v) is 2.92. The number of furan rings is 1. The molecule has 0 bridgehead atoms. The van der Waals surface area contributed by atoms with Gasteiger partial charge in [0.05, 0.1) is 6.54 Å². The van der Waals surface area contributed by atoms with Crippen molar-refractivity contribution in [3.63, 3.8) is 0 Å². The van der Waals surface area contributed by atoms with Gasteiger partial charge in [-0.1, -0.05) is 6.07 Å². The zero-order valence-electron chi connectivity index (χ0n) is 11.5. The Balaban J connectivity index is 0.00000147. The Hall–Kier alpha value is -1.59. The van der Waals surface area contributed by atoms with Gasteiger partial charge < -0.3 is 10.2 Å². The molecule has 0 radical (unpaired) electrons. The topological polar surface area (TPSA) is 64.9 Å². The van der Waals surface area contributed by atoms with Crippen LogP contribution in [-0.2, 0) is 6.54 Å². The molecule has 0 saturated carbocycles. The Morgan fingerprint density at radius 1 is 0.864 bits per heavy atom. The summed E-state index contributed by atoms with van der Waals surface area (Å²) in [5.74, 6) is 1.53. The first kappa shape index (κ1) is 20.4. The van der Waals surface area contributed by atoms with Crippen molar-refractivity contribution < 1.29 is 4.42 Å². The van der Waals surface area contributed by atoms with Crippen LogP contribution in [0, 0.1) is 0 Å². The summed E-state index contributed by atoms with van der Waals surface area (Å²) in [4.78, 5) is 8.32. The highest BCUT2D eigenvalue weighted by Gasteiger charge is 2.10. The molecule has 0 unspecified atom stereocenters. The molecule has 22 heavy (non-hydrogen) atoms. The maximum Gasteiger partial charge on any atom is 0.136 e. The molecule has 3 heterocycles. The first-order chi connectivity index (χ1) is 9.38. The molecule has 118 valence electrons. The Kier molecular flexibility index (Phi) is 8.75. The predicted molar refractivity (Wildman–Crippen MR) is 94.8 cm³/mol. The lowest BCUT2D eigenvalue weighted by Crippen LogP contribution is -1.92. The van der Waals surface area contributed by atoms with Crippen LogP contribution in [0.15, 0.2) is 59.5 Å². The van der Waals surface area contributed by atoms with Gasteiger partial charge >= 0.3 is 0 Å². The van der Waals surface area contributed by atoms with Crippen LogP contribution in [-0.4, -0.2) is 9.97 Å². The van der Waals surface area contributed by atoms with Crippen molar-refractivity contribution in [2.45, 2.75) is 6.54 Å². The average Bonchev–Trinajstić information content (AvgIpc) is 2.97. The van der Waals surface area contributed by atoms with Crippen LogP contribution in [0.2, 0.25) is 0 Å². The second-order valence-electron chi connectivity index (χ2n) is 4.13. The lowest BCUT2D eigenvalue weighted by molar-refractivity contribution is 0.525. The van der Waals surface area contributed by atoms with Crippen molar-refractivity contribution in [1.29, 1.82) is 0 Å². The number of halogens is 3. The number of pyridine rings is 2. The van der Waals surface area contributed by atoms with E-state index in [9.17, 15) is 0 Å². The molecule has 4 nitrogen and oxygen atoms in total. The highest BCUT2D eigenvalue weighted by atomic mass is 35.5. The van der Waals surface area contributed by atoms with E-state index in [0.29, 0.717) is 6.54 Å². The first-order valence-electron chi connectivity index (χ1n) is 6.02. The van der Waals surface area contributed by atoms with Gasteiger partial charge in [0.2, 0.25) is 0 Å². The van der Waals surface area contributed by atoms with Crippen molar-refractivity contribution in [3.05, 3.63) is 60.9 Å². The van der Waals surface area contributed by atoms with Gasteiger partial charge in [-0.15, -0.1) is 37.2 Å². The molecular formula is C15H16Cl3N3O. The summed E-state index contributed by atoms with van der Waals surface area (Å²) in [5.41, 5.74) is 8.59. The molecule has 3 aromatic rings. The smallest absolute Gasteiger partial charge is 0.136 e. The Morgan fingerprint density at radius 3 is 2.27 bits per heavy atom. The van der Waals surface area contributed by atoms with E-state index in [4.69, 9.17) is 10.2 Å². The number of hydrogen-bond donors (Lipinski definition) is 1. The molecule has 0 spiro atoms. The first-order valence-corrected chi connectivity index (χ1v) is 6.02. The van der Waals surface area contributed by atoms with Crippen LogP contribution in [0.25, 0.3) is 22.5 Å². The highest BCUT2D eigenvalue weighted by Crippen LogP contribution is 2.31. The largest absolute Gasteiger partial charge is 0.460 e. The van der Waals surface area contributed by atoms with Gasteiger partial charge in [0.1, 0.15) is 11.5 Å². The average molecular weight is 361 g/mol. The third-order valence-electron chi connectivity index (χ3n) is 2.92. The maximum atomic E-state index is 5.70. The fourth-order valence-electron chi connectivity index (χ4n) is 2.00. The molecule has 0 saturated heterocycles. The molecule has 3 rings (SSSR count). The molecular weight excluding hydrogens is 345 g/mol. The zero-order chi connectivity index (χ0) is 13.1. The highest BCUT2D eigenvalue weighted by molar-refractivity contribution is 5.86. The SMILES string of the molecule is Cl.Cl.Cl.NCc1ccc(-c2cnccc2-c2cccnc2)o1. The predicted octanol–water partition coefficient (Wildman–Crippen LogP) is 4.13. The number of nitrogens with two attached hydrogens (primary N) is 1. The zero-order valence-corrected chi connectivity index (χ0v) is 14.0. The monoisotopic (exact) mass is 359 g/mol.